The molecule has 76 valence electrons. The minimum absolute atomic E-state index is 0. The summed E-state index contributed by atoms with van der Waals surface area (Å²) in [5, 5.41) is 10.1. The number of rotatable bonds is 2. The van der Waals surface area contributed by atoms with Gasteiger partial charge in [0.1, 0.15) is 0 Å². The van der Waals surface area contributed by atoms with Gasteiger partial charge in [-0.2, -0.15) is 4.39 Å². The molecule has 3 nitrogen and oxygen atoms in total. The third-order valence-corrected chi connectivity index (χ3v) is 1.54. The second kappa shape index (κ2) is 5.39. The van der Waals surface area contributed by atoms with Crippen molar-refractivity contribution in [2.75, 3.05) is 0 Å². The van der Waals surface area contributed by atoms with Gasteiger partial charge in [0.25, 0.3) is 0 Å². The van der Waals surface area contributed by atoms with E-state index in [2.05, 4.69) is 0 Å². The third-order valence-electron chi connectivity index (χ3n) is 1.54. The number of nitro groups is 1. The summed E-state index contributed by atoms with van der Waals surface area (Å²) < 4.78 is 48.8. The van der Waals surface area contributed by atoms with Gasteiger partial charge in [0.2, 0.25) is 0 Å². The number of benzene rings is 1. The Hall–Kier alpha value is 0.0413. The summed E-state index contributed by atoms with van der Waals surface area (Å²) in [6.45, 7) is -5.34. The van der Waals surface area contributed by atoms with Crippen LogP contribution in [0, 0.1) is 15.9 Å². The summed E-state index contributed by atoms with van der Waals surface area (Å²) in [4.78, 5) is 8.91. The van der Waals surface area contributed by atoms with Crippen molar-refractivity contribution in [1.82, 2.24) is 0 Å². The molecule has 0 aliphatic rings. The number of nitrogens with zero attached hydrogens (tertiary/aromatic N) is 1. The average molecular weight is 247 g/mol. The van der Waals surface area contributed by atoms with Crippen LogP contribution in [-0.4, -0.2) is 11.9 Å². The first-order chi connectivity index (χ1) is 6.32. The normalized spacial score (nSPS) is 10.7. The number of nitro benzene ring substituents is 1. The first kappa shape index (κ1) is 15.0. The summed E-state index contributed by atoms with van der Waals surface area (Å²) in [6.07, 6.45) is 0. The summed E-state index contributed by atoms with van der Waals surface area (Å²) in [5.74, 6) is -1.28. The fourth-order valence-electron chi connectivity index (χ4n) is 0.873. The van der Waals surface area contributed by atoms with Crippen molar-refractivity contribution < 1.29 is 73.6 Å². The van der Waals surface area contributed by atoms with Crippen LogP contribution >= 0.6 is 0 Å². The first-order valence-corrected chi connectivity index (χ1v) is 3.46. The minimum Gasteiger partial charge on any atom is -0.445 e. The molecule has 0 atom stereocenters. The van der Waals surface area contributed by atoms with Crippen molar-refractivity contribution in [1.29, 1.82) is 0 Å². The molecule has 0 aliphatic heterocycles. The fraction of sp³-hybridized carbons (Fsp3) is 0. The summed E-state index contributed by atoms with van der Waals surface area (Å²) >= 11 is 0. The Kier molecular flexibility index (Phi) is 5.41. The number of hydrogen-bond acceptors (Lipinski definition) is 2. The smallest absolute Gasteiger partial charge is 0.445 e. The Morgan fingerprint density at radius 1 is 1.27 bits per heavy atom. The molecule has 0 unspecified atom stereocenters. The molecule has 0 spiro atoms. The van der Waals surface area contributed by atoms with Crippen molar-refractivity contribution in [2.45, 2.75) is 0 Å². The van der Waals surface area contributed by atoms with E-state index in [0.717, 1.165) is 0 Å². The van der Waals surface area contributed by atoms with Crippen LogP contribution in [0.4, 0.5) is 23.0 Å². The second-order valence-corrected chi connectivity index (χ2v) is 2.54. The SMILES string of the molecule is O=[N+]([O-])c1cc([B-](F)(F)F)ccc1F.[K+]. The van der Waals surface area contributed by atoms with Crippen LogP contribution in [0.5, 0.6) is 0 Å². The van der Waals surface area contributed by atoms with Crippen LogP contribution in [0.15, 0.2) is 18.2 Å². The predicted octanol–water partition coefficient (Wildman–Crippen LogP) is -1.21. The van der Waals surface area contributed by atoms with Gasteiger partial charge in [-0.25, -0.2) is 0 Å². The van der Waals surface area contributed by atoms with Gasteiger partial charge >= 0.3 is 64.0 Å². The molecule has 0 saturated heterocycles. The predicted molar refractivity (Wildman–Crippen MR) is 41.8 cm³/mol. The molecule has 9 heteroatoms. The van der Waals surface area contributed by atoms with Crippen LogP contribution in [0.3, 0.4) is 0 Å². The average Bonchev–Trinajstić information content (AvgIpc) is 2.02. The van der Waals surface area contributed by atoms with E-state index in [9.17, 15) is 27.5 Å². The van der Waals surface area contributed by atoms with Crippen molar-refractivity contribution in [3.05, 3.63) is 34.1 Å². The van der Waals surface area contributed by atoms with E-state index in [1.54, 1.807) is 0 Å². The Labute approximate surface area is 124 Å². The zero-order valence-electron chi connectivity index (χ0n) is 7.58. The van der Waals surface area contributed by atoms with Crippen LogP contribution in [0.25, 0.3) is 0 Å². The topological polar surface area (TPSA) is 43.1 Å². The maximum Gasteiger partial charge on any atom is 1.00 e. The molecule has 15 heavy (non-hydrogen) atoms. The molecule has 0 radical (unpaired) electrons. The van der Waals surface area contributed by atoms with Crippen molar-refractivity contribution in [2.24, 2.45) is 0 Å². The second-order valence-electron chi connectivity index (χ2n) is 2.54. The van der Waals surface area contributed by atoms with Crippen molar-refractivity contribution >= 4 is 18.1 Å². The Morgan fingerprint density at radius 3 is 2.20 bits per heavy atom. The van der Waals surface area contributed by atoms with E-state index < -0.39 is 28.9 Å². The molecular weight excluding hydrogens is 244 g/mol. The van der Waals surface area contributed by atoms with E-state index in [0.29, 0.717) is 12.1 Å². The molecule has 1 aromatic carbocycles. The Bertz CT molecular complexity index is 384. The first-order valence-electron chi connectivity index (χ1n) is 3.46. The van der Waals surface area contributed by atoms with E-state index in [1.807, 2.05) is 0 Å². The molecule has 0 aromatic heterocycles. The molecule has 0 amide bonds. The maximum atomic E-state index is 12.6. The maximum absolute atomic E-state index is 12.6. The van der Waals surface area contributed by atoms with E-state index in [-0.39, 0.29) is 57.5 Å². The third kappa shape index (κ3) is 3.83. The van der Waals surface area contributed by atoms with Crippen LogP contribution in [0.2, 0.25) is 0 Å². The molecule has 0 N–H and O–H groups in total. The molecule has 1 aromatic rings. The summed E-state index contributed by atoms with van der Waals surface area (Å²) in [5.41, 5.74) is -2.35. The minimum atomic E-state index is -5.34. The van der Waals surface area contributed by atoms with Gasteiger partial charge < -0.3 is 12.9 Å². The zero-order chi connectivity index (χ0) is 10.9. The Balaban J connectivity index is 0.00000196. The monoisotopic (exact) mass is 247 g/mol. The van der Waals surface area contributed by atoms with Gasteiger partial charge in [-0.1, -0.05) is 6.07 Å². The largest absolute Gasteiger partial charge is 1.00 e. The number of halogens is 4. The molecule has 0 fully saturated rings. The zero-order valence-corrected chi connectivity index (χ0v) is 10.7. The van der Waals surface area contributed by atoms with E-state index >= 15 is 0 Å². The van der Waals surface area contributed by atoms with Gasteiger partial charge in [0, 0.05) is 0 Å². The van der Waals surface area contributed by atoms with E-state index in [1.165, 1.54) is 0 Å². The molecule has 0 saturated carbocycles. The van der Waals surface area contributed by atoms with Crippen molar-refractivity contribution in [3.63, 3.8) is 0 Å². The molecular formula is C6H3BF4KNO2. The van der Waals surface area contributed by atoms with Gasteiger partial charge in [-0.15, -0.1) is 5.46 Å². The molecule has 1 rings (SSSR count). The number of hydrogen-bond donors (Lipinski definition) is 0. The van der Waals surface area contributed by atoms with Gasteiger partial charge in [-0.3, -0.25) is 10.1 Å². The molecule has 0 bridgehead atoms. The van der Waals surface area contributed by atoms with Gasteiger partial charge in [0.15, 0.2) is 5.82 Å². The quantitative estimate of drug-likeness (QED) is 0.285. The fourth-order valence-corrected chi connectivity index (χ4v) is 0.873. The van der Waals surface area contributed by atoms with Crippen LogP contribution < -0.4 is 56.8 Å². The molecule has 0 aliphatic carbocycles. The standard InChI is InChI=1S/C6H3BF4NO2.K/c8-5-2-1-4(7(9,10)11)3-6(5)12(13)14;/h1-3H;/q-1;+1. The van der Waals surface area contributed by atoms with Crippen molar-refractivity contribution in [3.8, 4) is 0 Å². The van der Waals surface area contributed by atoms with Gasteiger partial charge in [-0.05, 0) is 12.1 Å². The summed E-state index contributed by atoms with van der Waals surface area (Å²) in [6, 6.07) is 1.10. The van der Waals surface area contributed by atoms with E-state index in [4.69, 9.17) is 0 Å². The van der Waals surface area contributed by atoms with Gasteiger partial charge in [0.05, 0.1) is 4.92 Å². The van der Waals surface area contributed by atoms with Crippen LogP contribution in [0.1, 0.15) is 0 Å². The Morgan fingerprint density at radius 2 is 1.80 bits per heavy atom. The van der Waals surface area contributed by atoms with Crippen LogP contribution in [-0.2, 0) is 0 Å². The summed E-state index contributed by atoms with van der Waals surface area (Å²) in [7, 11) is 0. The molecule has 0 heterocycles.